The molecule has 2 rings (SSSR count). The van der Waals surface area contributed by atoms with Crippen molar-refractivity contribution in [2.45, 2.75) is 0 Å². The number of thiophene rings is 1. The maximum absolute atomic E-state index is 13.5. The lowest BCUT2D eigenvalue weighted by Crippen LogP contribution is -2.21. The predicted molar refractivity (Wildman–Crippen MR) is 80.4 cm³/mol. The van der Waals surface area contributed by atoms with Gasteiger partial charge in [0.25, 0.3) is 11.8 Å². The first-order valence-electron chi connectivity index (χ1n) is 6.04. The summed E-state index contributed by atoms with van der Waals surface area (Å²) in [6, 6.07) is 2.68. The van der Waals surface area contributed by atoms with Crippen molar-refractivity contribution in [1.29, 1.82) is 0 Å². The fourth-order valence-corrected chi connectivity index (χ4v) is 2.65. The Hall–Kier alpha value is -3.01. The molecule has 4 amide bonds. The molecule has 0 aliphatic heterocycles. The van der Waals surface area contributed by atoms with Crippen LogP contribution in [0.4, 0.5) is 23.6 Å². The number of amides is 4. The van der Waals surface area contributed by atoms with Crippen LogP contribution in [-0.2, 0) is 0 Å². The third-order valence-electron chi connectivity index (χ3n) is 2.64. The maximum atomic E-state index is 13.5. The van der Waals surface area contributed by atoms with Crippen LogP contribution >= 0.6 is 11.3 Å². The molecule has 7 nitrogen and oxygen atoms in total. The number of benzene rings is 1. The summed E-state index contributed by atoms with van der Waals surface area (Å²) in [6.07, 6.45) is 0. The molecule has 0 atom stereocenters. The van der Waals surface area contributed by atoms with Gasteiger partial charge in [0.2, 0.25) is 0 Å². The Morgan fingerprint density at radius 3 is 2.30 bits per heavy atom. The molecule has 0 saturated heterocycles. The molecule has 1 aromatic heterocycles. The number of hydrogen-bond acceptors (Lipinski definition) is 4. The molecule has 0 bridgehead atoms. The van der Waals surface area contributed by atoms with E-state index in [1.54, 1.807) is 0 Å². The number of carbonyl (C=O) groups is 3. The molecule has 0 aliphatic rings. The minimum atomic E-state index is -0.927. The smallest absolute Gasteiger partial charge is 0.317 e. The van der Waals surface area contributed by atoms with Gasteiger partial charge in [0.05, 0.1) is 16.1 Å². The molecule has 120 valence electrons. The Morgan fingerprint density at radius 1 is 1.00 bits per heavy atom. The summed E-state index contributed by atoms with van der Waals surface area (Å²) < 4.78 is 26.6. The van der Waals surface area contributed by atoms with Gasteiger partial charge in [-0.2, -0.15) is 0 Å². The van der Waals surface area contributed by atoms with Gasteiger partial charge in [-0.15, -0.1) is 0 Å². The van der Waals surface area contributed by atoms with Crippen molar-refractivity contribution in [2.75, 3.05) is 10.6 Å². The molecule has 6 N–H and O–H groups in total. The van der Waals surface area contributed by atoms with Crippen molar-refractivity contribution in [3.05, 3.63) is 47.0 Å². The normalized spacial score (nSPS) is 10.2. The first-order chi connectivity index (χ1) is 10.8. The highest BCUT2D eigenvalue weighted by Crippen LogP contribution is 2.32. The number of carbonyl (C=O) groups excluding carboxylic acids is 3. The van der Waals surface area contributed by atoms with Gasteiger partial charge < -0.3 is 16.8 Å². The van der Waals surface area contributed by atoms with Crippen molar-refractivity contribution in [3.63, 3.8) is 0 Å². The van der Waals surface area contributed by atoms with Crippen LogP contribution < -0.4 is 22.1 Å². The highest BCUT2D eigenvalue weighted by atomic mass is 32.1. The van der Waals surface area contributed by atoms with E-state index in [-0.39, 0.29) is 15.6 Å². The van der Waals surface area contributed by atoms with Crippen LogP contribution in [0, 0.1) is 11.6 Å². The van der Waals surface area contributed by atoms with Crippen molar-refractivity contribution in [3.8, 4) is 0 Å². The second-order valence-electron chi connectivity index (χ2n) is 4.29. The van der Waals surface area contributed by atoms with Gasteiger partial charge in [-0.3, -0.25) is 14.9 Å². The van der Waals surface area contributed by atoms with Crippen molar-refractivity contribution < 1.29 is 23.2 Å². The molecule has 0 saturated carbocycles. The Balaban J connectivity index is 2.29. The van der Waals surface area contributed by atoms with Gasteiger partial charge in [-0.05, 0) is 24.3 Å². The molecule has 0 fully saturated rings. The molecule has 0 spiro atoms. The predicted octanol–water partition coefficient (Wildman–Crippen LogP) is 1.87. The molecule has 1 aromatic carbocycles. The third-order valence-corrected chi connectivity index (χ3v) is 3.61. The van der Waals surface area contributed by atoms with Crippen LogP contribution in [0.25, 0.3) is 0 Å². The average Bonchev–Trinajstić information content (AvgIpc) is 2.83. The van der Waals surface area contributed by atoms with E-state index in [0.29, 0.717) is 0 Å². The van der Waals surface area contributed by atoms with E-state index in [1.807, 2.05) is 0 Å². The van der Waals surface area contributed by atoms with Crippen molar-refractivity contribution >= 4 is 39.2 Å². The van der Waals surface area contributed by atoms with Crippen molar-refractivity contribution in [1.82, 2.24) is 0 Å². The van der Waals surface area contributed by atoms with Crippen LogP contribution in [0.3, 0.4) is 0 Å². The van der Waals surface area contributed by atoms with Crippen LogP contribution in [0.2, 0.25) is 0 Å². The molecule has 1 heterocycles. The summed E-state index contributed by atoms with van der Waals surface area (Å²) in [5.41, 5.74) is 9.51. The summed E-state index contributed by atoms with van der Waals surface area (Å²) in [5.74, 6) is -3.48. The zero-order chi connectivity index (χ0) is 17.1. The number of anilines is 2. The van der Waals surface area contributed by atoms with E-state index in [9.17, 15) is 23.2 Å². The standard InChI is InChI=1S/C13H10F2N4O3S/c14-5-1-2-8(15)6(3-5)11(21)18-9-4-7(10(16)20)12(23-9)19-13(17)22/h1-4H,(H2,16,20)(H,18,21)(H3,17,19,22). The van der Waals surface area contributed by atoms with E-state index in [1.165, 1.54) is 6.07 Å². The number of nitrogens with one attached hydrogen (secondary N) is 2. The molecule has 0 unspecified atom stereocenters. The first kappa shape index (κ1) is 16.4. The zero-order valence-electron chi connectivity index (χ0n) is 11.4. The van der Waals surface area contributed by atoms with Crippen LogP contribution in [0.1, 0.15) is 20.7 Å². The van der Waals surface area contributed by atoms with Gasteiger partial charge in [0, 0.05) is 0 Å². The van der Waals surface area contributed by atoms with E-state index < -0.39 is 35.0 Å². The molecular formula is C13H10F2N4O3S. The number of hydrogen-bond donors (Lipinski definition) is 4. The Kier molecular flexibility index (Phi) is 4.55. The quantitative estimate of drug-likeness (QED) is 0.678. The number of halogens is 2. The summed E-state index contributed by atoms with van der Waals surface area (Å²) in [6.45, 7) is 0. The molecule has 2 aromatic rings. The lowest BCUT2D eigenvalue weighted by molar-refractivity contribution is 0.0997. The third kappa shape index (κ3) is 3.80. The fraction of sp³-hybridized carbons (Fsp3) is 0. The summed E-state index contributed by atoms with van der Waals surface area (Å²) in [4.78, 5) is 34.1. The van der Waals surface area contributed by atoms with Crippen LogP contribution in [0.5, 0.6) is 0 Å². The number of nitrogens with two attached hydrogens (primary N) is 2. The second-order valence-corrected chi connectivity index (χ2v) is 5.34. The summed E-state index contributed by atoms with van der Waals surface area (Å²) >= 11 is 0.788. The number of urea groups is 1. The molecule has 0 aliphatic carbocycles. The highest BCUT2D eigenvalue weighted by molar-refractivity contribution is 7.20. The molecule has 10 heteroatoms. The SMILES string of the molecule is NC(=O)Nc1sc(NC(=O)c2cc(F)ccc2F)cc1C(N)=O. The number of rotatable bonds is 4. The lowest BCUT2D eigenvalue weighted by atomic mass is 10.2. The second kappa shape index (κ2) is 6.40. The maximum Gasteiger partial charge on any atom is 0.317 e. The van der Waals surface area contributed by atoms with Crippen LogP contribution in [0.15, 0.2) is 24.3 Å². The fourth-order valence-electron chi connectivity index (χ4n) is 1.69. The molecule has 23 heavy (non-hydrogen) atoms. The largest absolute Gasteiger partial charge is 0.366 e. The first-order valence-corrected chi connectivity index (χ1v) is 6.86. The van der Waals surface area contributed by atoms with Crippen molar-refractivity contribution in [2.24, 2.45) is 11.5 Å². The Morgan fingerprint density at radius 2 is 1.70 bits per heavy atom. The van der Waals surface area contributed by atoms with Gasteiger partial charge in [0.15, 0.2) is 0 Å². The highest BCUT2D eigenvalue weighted by Gasteiger charge is 2.18. The minimum Gasteiger partial charge on any atom is -0.366 e. The van der Waals surface area contributed by atoms with Gasteiger partial charge in [-0.1, -0.05) is 11.3 Å². The summed E-state index contributed by atoms with van der Waals surface area (Å²) in [5, 5.41) is 4.59. The van der Waals surface area contributed by atoms with Crippen LogP contribution in [-0.4, -0.2) is 17.8 Å². The van der Waals surface area contributed by atoms with Gasteiger partial charge in [0.1, 0.15) is 16.6 Å². The Labute approximate surface area is 132 Å². The molecule has 0 radical (unpaired) electrons. The monoisotopic (exact) mass is 340 g/mol. The van der Waals surface area contributed by atoms with E-state index in [4.69, 9.17) is 11.5 Å². The van der Waals surface area contributed by atoms with E-state index in [0.717, 1.165) is 29.5 Å². The van der Waals surface area contributed by atoms with E-state index in [2.05, 4.69) is 10.6 Å². The number of primary amides is 2. The average molecular weight is 340 g/mol. The van der Waals surface area contributed by atoms with E-state index >= 15 is 0 Å². The van der Waals surface area contributed by atoms with Gasteiger partial charge >= 0.3 is 6.03 Å². The minimum absolute atomic E-state index is 0.0278. The lowest BCUT2D eigenvalue weighted by Gasteiger charge is -2.03. The molecular weight excluding hydrogens is 330 g/mol. The Bertz CT molecular complexity index is 807. The summed E-state index contributed by atoms with van der Waals surface area (Å²) in [7, 11) is 0. The van der Waals surface area contributed by atoms with Gasteiger partial charge in [-0.25, -0.2) is 13.6 Å². The zero-order valence-corrected chi connectivity index (χ0v) is 12.2. The topological polar surface area (TPSA) is 127 Å².